The van der Waals surface area contributed by atoms with Crippen LogP contribution in [-0.2, 0) is 30.2 Å². The molecule has 90 valence electrons. The van der Waals surface area contributed by atoms with E-state index in [1.54, 1.807) is 6.92 Å². The molecule has 0 fully saturated rings. The van der Waals surface area contributed by atoms with E-state index >= 15 is 0 Å². The Morgan fingerprint density at radius 2 is 2.00 bits per heavy atom. The first kappa shape index (κ1) is 14.6. The van der Waals surface area contributed by atoms with Gasteiger partial charge in [0.25, 0.3) is 0 Å². The fraction of sp³-hybridized carbons (Fsp3) is 0.875. The van der Waals surface area contributed by atoms with E-state index in [0.717, 1.165) is 6.26 Å². The number of carbonyl (C=O) groups is 1. The average molecular weight is 256 g/mol. The van der Waals surface area contributed by atoms with Crippen molar-refractivity contribution in [3.8, 4) is 0 Å². The fourth-order valence-electron chi connectivity index (χ4n) is 0.876. The Hall–Kier alpha value is -0.430. The zero-order chi connectivity index (χ0) is 12.1. The molecule has 0 radical (unpaired) electrons. The van der Waals surface area contributed by atoms with Crippen LogP contribution < -0.4 is 0 Å². The number of methoxy groups -OCH3 is 1. The molecule has 0 aliphatic rings. The van der Waals surface area contributed by atoms with Gasteiger partial charge in [-0.25, -0.2) is 8.42 Å². The lowest BCUT2D eigenvalue weighted by atomic mass is 10.2. The Morgan fingerprint density at radius 3 is 2.40 bits per heavy atom. The monoisotopic (exact) mass is 256 g/mol. The van der Waals surface area contributed by atoms with E-state index in [-0.39, 0.29) is 17.3 Å². The van der Waals surface area contributed by atoms with Crippen LogP contribution in [-0.4, -0.2) is 49.2 Å². The fourth-order valence-corrected chi connectivity index (χ4v) is 3.69. The summed E-state index contributed by atoms with van der Waals surface area (Å²) in [4.78, 5) is 11.0. The molecule has 0 aliphatic heterocycles. The Kier molecular flexibility index (Phi) is 6.04. The first-order valence-electron chi connectivity index (χ1n) is 4.37. The molecule has 15 heavy (non-hydrogen) atoms. The van der Waals surface area contributed by atoms with Crippen LogP contribution in [0.5, 0.6) is 0 Å². The molecular weight excluding hydrogens is 240 g/mol. The van der Waals surface area contributed by atoms with Crippen molar-refractivity contribution in [2.45, 2.75) is 6.92 Å². The average Bonchev–Trinajstić information content (AvgIpc) is 2.12. The van der Waals surface area contributed by atoms with Crippen molar-refractivity contribution in [2.24, 2.45) is 5.92 Å². The van der Waals surface area contributed by atoms with Gasteiger partial charge in [-0.05, 0) is 0 Å². The van der Waals surface area contributed by atoms with Crippen LogP contribution in [0.1, 0.15) is 6.92 Å². The lowest BCUT2D eigenvalue weighted by Crippen LogP contribution is -2.22. The van der Waals surface area contributed by atoms with Gasteiger partial charge in [0.15, 0.2) is 0 Å². The summed E-state index contributed by atoms with van der Waals surface area (Å²) in [6, 6.07) is 0. The first-order valence-corrected chi connectivity index (χ1v) is 7.91. The molecule has 5 nitrogen and oxygen atoms in total. The summed E-state index contributed by atoms with van der Waals surface area (Å²) >= 11 is 0. The van der Waals surface area contributed by atoms with Crippen LogP contribution in [0.25, 0.3) is 0 Å². The van der Waals surface area contributed by atoms with Gasteiger partial charge in [0.1, 0.15) is 9.84 Å². The number of hydrogen-bond donors (Lipinski definition) is 0. The number of rotatable bonds is 6. The zero-order valence-corrected chi connectivity index (χ0v) is 10.7. The summed E-state index contributed by atoms with van der Waals surface area (Å²) in [6.07, 6.45) is 1.09. The van der Waals surface area contributed by atoms with Crippen molar-refractivity contribution in [3.05, 3.63) is 0 Å². The zero-order valence-electron chi connectivity index (χ0n) is 9.06. The van der Waals surface area contributed by atoms with E-state index in [1.165, 1.54) is 7.11 Å². The smallest absolute Gasteiger partial charge is 0.309 e. The Morgan fingerprint density at radius 1 is 1.47 bits per heavy atom. The van der Waals surface area contributed by atoms with Crippen LogP contribution in [0.3, 0.4) is 0 Å². The standard InChI is InChI=1S/C8H16O5S2/c1-7(8(9)13-2)6-14(10)4-5-15(3,11)12/h7H,4-6H2,1-3H3. The van der Waals surface area contributed by atoms with Gasteiger partial charge in [-0.15, -0.1) is 0 Å². The van der Waals surface area contributed by atoms with Gasteiger partial charge in [-0.2, -0.15) is 0 Å². The highest BCUT2D eigenvalue weighted by Crippen LogP contribution is 2.01. The van der Waals surface area contributed by atoms with Crippen molar-refractivity contribution in [3.63, 3.8) is 0 Å². The van der Waals surface area contributed by atoms with E-state index in [4.69, 9.17) is 0 Å². The first-order chi connectivity index (χ1) is 6.76. The maximum Gasteiger partial charge on any atom is 0.309 e. The third-order valence-corrected chi connectivity index (χ3v) is 4.46. The van der Waals surface area contributed by atoms with Gasteiger partial charge in [0, 0.05) is 28.6 Å². The molecule has 0 aromatic heterocycles. The molecular formula is C8H16O5S2. The summed E-state index contributed by atoms with van der Waals surface area (Å²) < 4.78 is 37.4. The molecule has 0 aliphatic carbocycles. The van der Waals surface area contributed by atoms with E-state index in [1.807, 2.05) is 0 Å². The summed E-state index contributed by atoms with van der Waals surface area (Å²) in [7, 11) is -3.13. The van der Waals surface area contributed by atoms with Crippen LogP contribution in [0.15, 0.2) is 0 Å². The molecule has 0 N–H and O–H groups in total. The molecule has 0 spiro atoms. The minimum atomic E-state index is -3.09. The van der Waals surface area contributed by atoms with Gasteiger partial charge < -0.3 is 4.74 Å². The lowest BCUT2D eigenvalue weighted by molar-refractivity contribution is -0.144. The van der Waals surface area contributed by atoms with Gasteiger partial charge in [-0.3, -0.25) is 9.00 Å². The molecule has 0 amide bonds. The summed E-state index contributed by atoms with van der Waals surface area (Å²) in [5.74, 6) is -0.798. The highest BCUT2D eigenvalue weighted by atomic mass is 32.2. The molecule has 2 unspecified atom stereocenters. The van der Waals surface area contributed by atoms with E-state index in [9.17, 15) is 17.4 Å². The largest absolute Gasteiger partial charge is 0.469 e. The molecule has 7 heteroatoms. The second-order valence-corrected chi connectivity index (χ2v) is 7.25. The Balaban J connectivity index is 4.00. The quantitative estimate of drug-likeness (QED) is 0.604. The van der Waals surface area contributed by atoms with Crippen LogP contribution in [0.4, 0.5) is 0 Å². The minimum absolute atomic E-state index is 0.0696. The van der Waals surface area contributed by atoms with Crippen LogP contribution >= 0.6 is 0 Å². The highest BCUT2D eigenvalue weighted by Gasteiger charge is 2.17. The number of hydrogen-bond acceptors (Lipinski definition) is 5. The minimum Gasteiger partial charge on any atom is -0.469 e. The van der Waals surface area contributed by atoms with E-state index in [2.05, 4.69) is 4.74 Å². The van der Waals surface area contributed by atoms with Crippen molar-refractivity contribution >= 4 is 26.6 Å². The molecule has 0 saturated heterocycles. The molecule has 0 aromatic rings. The van der Waals surface area contributed by atoms with Gasteiger partial charge in [0.2, 0.25) is 0 Å². The second kappa shape index (κ2) is 6.22. The maximum atomic E-state index is 11.4. The molecule has 0 bridgehead atoms. The van der Waals surface area contributed by atoms with Gasteiger partial charge in [0.05, 0.1) is 18.8 Å². The van der Waals surface area contributed by atoms with Gasteiger partial charge >= 0.3 is 5.97 Å². The van der Waals surface area contributed by atoms with Crippen molar-refractivity contribution < 1.29 is 22.2 Å². The molecule has 0 saturated carbocycles. The summed E-state index contributed by atoms with van der Waals surface area (Å²) in [5.41, 5.74) is 0. The molecule has 0 rings (SSSR count). The second-order valence-electron chi connectivity index (χ2n) is 3.36. The summed E-state index contributed by atoms with van der Waals surface area (Å²) in [6.45, 7) is 1.60. The predicted octanol–water partition coefficient (Wildman–Crippen LogP) is -0.411. The lowest BCUT2D eigenvalue weighted by Gasteiger charge is -2.08. The summed E-state index contributed by atoms with van der Waals surface area (Å²) in [5, 5.41) is 0. The Bertz CT molecular complexity index is 333. The van der Waals surface area contributed by atoms with E-state index < -0.39 is 32.5 Å². The number of carbonyl (C=O) groups excluding carboxylic acids is 1. The van der Waals surface area contributed by atoms with E-state index in [0.29, 0.717) is 0 Å². The molecule has 0 heterocycles. The predicted molar refractivity (Wildman–Crippen MR) is 58.8 cm³/mol. The Labute approximate surface area is 92.6 Å². The van der Waals surface area contributed by atoms with Crippen molar-refractivity contribution in [1.29, 1.82) is 0 Å². The third kappa shape index (κ3) is 7.49. The molecule has 0 aromatic carbocycles. The number of sulfone groups is 1. The third-order valence-electron chi connectivity index (χ3n) is 1.72. The molecule has 2 atom stereocenters. The maximum absolute atomic E-state index is 11.4. The number of ether oxygens (including phenoxy) is 1. The van der Waals surface area contributed by atoms with Crippen LogP contribution in [0.2, 0.25) is 0 Å². The van der Waals surface area contributed by atoms with Gasteiger partial charge in [-0.1, -0.05) is 6.92 Å². The van der Waals surface area contributed by atoms with Crippen LogP contribution in [0, 0.1) is 5.92 Å². The number of esters is 1. The topological polar surface area (TPSA) is 77.5 Å². The normalized spacial score (nSPS) is 15.7. The van der Waals surface area contributed by atoms with Crippen molar-refractivity contribution in [1.82, 2.24) is 0 Å². The van der Waals surface area contributed by atoms with Crippen molar-refractivity contribution in [2.75, 3.05) is 30.6 Å². The highest BCUT2D eigenvalue weighted by molar-refractivity contribution is 7.92. The SMILES string of the molecule is COC(=O)C(C)CS(=O)CCS(C)(=O)=O.